The minimum absolute atomic E-state index is 0.628. The summed E-state index contributed by atoms with van der Waals surface area (Å²) in [7, 11) is 2.13. The summed E-state index contributed by atoms with van der Waals surface area (Å²) in [5.74, 6) is 1.73. The molecule has 3 rings (SSSR count). The maximum Gasteiger partial charge on any atom is 0.0510 e. The number of fused-ring (bicyclic) bond motifs is 1. The molecule has 3 nitrogen and oxygen atoms in total. The van der Waals surface area contributed by atoms with E-state index < -0.39 is 0 Å². The van der Waals surface area contributed by atoms with Crippen molar-refractivity contribution < 1.29 is 4.74 Å². The Morgan fingerprint density at radius 1 is 1.16 bits per heavy atom. The third kappa shape index (κ3) is 3.14. The Labute approximate surface area is 118 Å². The molecule has 0 aromatic heterocycles. The van der Waals surface area contributed by atoms with Crippen molar-refractivity contribution in [3.8, 4) is 0 Å². The van der Waals surface area contributed by atoms with Crippen molar-refractivity contribution in [3.63, 3.8) is 0 Å². The van der Waals surface area contributed by atoms with E-state index in [-0.39, 0.29) is 0 Å². The molecule has 0 bridgehead atoms. The van der Waals surface area contributed by atoms with Crippen molar-refractivity contribution in [1.82, 2.24) is 10.2 Å². The molecule has 2 heterocycles. The molecule has 0 aromatic rings. The number of likely N-dealkylation sites (tertiary alicyclic amines) is 1. The fourth-order valence-corrected chi connectivity index (χ4v) is 4.55. The van der Waals surface area contributed by atoms with Crippen molar-refractivity contribution in [3.05, 3.63) is 0 Å². The van der Waals surface area contributed by atoms with Gasteiger partial charge >= 0.3 is 0 Å². The lowest BCUT2D eigenvalue weighted by Crippen LogP contribution is -2.53. The number of likely N-dealkylation sites (N-methyl/N-ethyl adjacent to an activating group) is 1. The van der Waals surface area contributed by atoms with E-state index in [1.54, 1.807) is 0 Å². The van der Waals surface area contributed by atoms with Crippen molar-refractivity contribution in [2.45, 2.75) is 57.0 Å². The minimum Gasteiger partial charge on any atom is -0.381 e. The van der Waals surface area contributed by atoms with Gasteiger partial charge in [-0.15, -0.1) is 0 Å². The first-order valence-corrected chi connectivity index (χ1v) is 8.37. The van der Waals surface area contributed by atoms with Crippen LogP contribution < -0.4 is 5.32 Å². The molecular weight excluding hydrogens is 236 g/mol. The van der Waals surface area contributed by atoms with Gasteiger partial charge in [-0.05, 0) is 51.6 Å². The standard InChI is InChI=1S/C16H30N2O/c1-17-15(14-8-10-19-12-14)11-18-9-4-6-13-5-2-3-7-16(13)18/h13-17H,2-12H2,1H3/t13-,14?,15?,16-/m1/s1. The van der Waals surface area contributed by atoms with Crippen LogP contribution in [-0.4, -0.2) is 50.3 Å². The van der Waals surface area contributed by atoms with E-state index in [2.05, 4.69) is 17.3 Å². The molecule has 1 N–H and O–H groups in total. The Morgan fingerprint density at radius 3 is 2.79 bits per heavy atom. The minimum atomic E-state index is 0.628. The highest BCUT2D eigenvalue weighted by Gasteiger charge is 2.35. The quantitative estimate of drug-likeness (QED) is 0.845. The molecule has 110 valence electrons. The van der Waals surface area contributed by atoms with Crippen LogP contribution in [0, 0.1) is 11.8 Å². The number of nitrogens with one attached hydrogen (secondary N) is 1. The van der Waals surface area contributed by atoms with E-state index in [0.717, 1.165) is 31.1 Å². The van der Waals surface area contributed by atoms with E-state index in [9.17, 15) is 0 Å². The Bertz CT molecular complexity index is 276. The largest absolute Gasteiger partial charge is 0.381 e. The molecule has 0 amide bonds. The van der Waals surface area contributed by atoms with E-state index >= 15 is 0 Å². The summed E-state index contributed by atoms with van der Waals surface area (Å²) in [6, 6.07) is 1.52. The predicted molar refractivity (Wildman–Crippen MR) is 78.3 cm³/mol. The van der Waals surface area contributed by atoms with Gasteiger partial charge in [0.05, 0.1) is 6.61 Å². The topological polar surface area (TPSA) is 24.5 Å². The number of rotatable bonds is 4. The zero-order chi connectivity index (χ0) is 13.1. The van der Waals surface area contributed by atoms with Gasteiger partial charge in [0, 0.05) is 31.2 Å². The highest BCUT2D eigenvalue weighted by molar-refractivity contribution is 4.90. The van der Waals surface area contributed by atoms with Gasteiger partial charge in [0.15, 0.2) is 0 Å². The molecule has 0 radical (unpaired) electrons. The van der Waals surface area contributed by atoms with Gasteiger partial charge in [-0.2, -0.15) is 0 Å². The van der Waals surface area contributed by atoms with Gasteiger partial charge in [0.25, 0.3) is 0 Å². The summed E-state index contributed by atoms with van der Waals surface area (Å²) in [4.78, 5) is 2.81. The average Bonchev–Trinajstić information content (AvgIpc) is 2.99. The number of ether oxygens (including phenoxy) is 1. The smallest absolute Gasteiger partial charge is 0.0510 e. The van der Waals surface area contributed by atoms with Gasteiger partial charge < -0.3 is 10.1 Å². The third-order valence-electron chi connectivity index (χ3n) is 5.69. The molecular formula is C16H30N2O. The Balaban J connectivity index is 1.59. The molecule has 2 unspecified atom stereocenters. The van der Waals surface area contributed by atoms with Gasteiger partial charge in [-0.25, -0.2) is 0 Å². The Morgan fingerprint density at radius 2 is 2.00 bits per heavy atom. The fourth-order valence-electron chi connectivity index (χ4n) is 4.55. The van der Waals surface area contributed by atoms with Crippen LogP contribution in [0.1, 0.15) is 44.9 Å². The van der Waals surface area contributed by atoms with Gasteiger partial charge in [-0.3, -0.25) is 4.90 Å². The molecule has 1 saturated carbocycles. The second-order valence-corrected chi connectivity index (χ2v) is 6.77. The maximum atomic E-state index is 5.58. The Hall–Kier alpha value is -0.120. The molecule has 3 heteroatoms. The summed E-state index contributed by atoms with van der Waals surface area (Å²) in [5.41, 5.74) is 0. The van der Waals surface area contributed by atoms with Crippen molar-refractivity contribution in [1.29, 1.82) is 0 Å². The lowest BCUT2D eigenvalue weighted by atomic mass is 9.78. The monoisotopic (exact) mass is 266 g/mol. The van der Waals surface area contributed by atoms with Crippen molar-refractivity contribution in [2.24, 2.45) is 11.8 Å². The third-order valence-corrected chi connectivity index (χ3v) is 5.69. The lowest BCUT2D eigenvalue weighted by molar-refractivity contribution is 0.0463. The summed E-state index contributed by atoms with van der Waals surface area (Å²) >= 11 is 0. The average molecular weight is 266 g/mol. The summed E-state index contributed by atoms with van der Waals surface area (Å²) in [6.07, 6.45) is 10.00. The maximum absolute atomic E-state index is 5.58. The van der Waals surface area contributed by atoms with Crippen molar-refractivity contribution in [2.75, 3.05) is 33.4 Å². The lowest BCUT2D eigenvalue weighted by Gasteiger charge is -2.45. The van der Waals surface area contributed by atoms with Gasteiger partial charge in [0.1, 0.15) is 0 Å². The fraction of sp³-hybridized carbons (Fsp3) is 1.00. The van der Waals surface area contributed by atoms with Crippen LogP contribution in [0.4, 0.5) is 0 Å². The molecule has 0 spiro atoms. The molecule has 2 aliphatic heterocycles. The summed E-state index contributed by atoms with van der Waals surface area (Å²) in [5, 5.41) is 3.57. The second kappa shape index (κ2) is 6.55. The number of piperidine rings is 1. The molecule has 1 aliphatic carbocycles. The first-order chi connectivity index (χ1) is 9.38. The predicted octanol–water partition coefficient (Wildman–Crippen LogP) is 2.27. The highest BCUT2D eigenvalue weighted by atomic mass is 16.5. The van der Waals surface area contributed by atoms with Crippen LogP contribution in [-0.2, 0) is 4.74 Å². The van der Waals surface area contributed by atoms with Crippen LogP contribution in [0.15, 0.2) is 0 Å². The first-order valence-electron chi connectivity index (χ1n) is 8.37. The second-order valence-electron chi connectivity index (χ2n) is 6.77. The van der Waals surface area contributed by atoms with Crippen LogP contribution in [0.2, 0.25) is 0 Å². The zero-order valence-corrected chi connectivity index (χ0v) is 12.4. The van der Waals surface area contributed by atoms with E-state index in [1.807, 2.05) is 0 Å². The number of hydrogen-bond donors (Lipinski definition) is 1. The van der Waals surface area contributed by atoms with E-state index in [4.69, 9.17) is 4.74 Å². The number of nitrogens with zero attached hydrogens (tertiary/aromatic N) is 1. The van der Waals surface area contributed by atoms with Gasteiger partial charge in [0.2, 0.25) is 0 Å². The normalized spacial score (nSPS) is 38.1. The Kier molecular flexibility index (Phi) is 4.78. The summed E-state index contributed by atoms with van der Waals surface area (Å²) < 4.78 is 5.58. The zero-order valence-electron chi connectivity index (χ0n) is 12.4. The highest BCUT2D eigenvalue weighted by Crippen LogP contribution is 2.35. The van der Waals surface area contributed by atoms with E-state index in [1.165, 1.54) is 58.0 Å². The molecule has 3 fully saturated rings. The van der Waals surface area contributed by atoms with Gasteiger partial charge in [-0.1, -0.05) is 12.8 Å². The number of hydrogen-bond acceptors (Lipinski definition) is 3. The van der Waals surface area contributed by atoms with E-state index in [0.29, 0.717) is 6.04 Å². The van der Waals surface area contributed by atoms with Crippen LogP contribution in [0.3, 0.4) is 0 Å². The molecule has 2 saturated heterocycles. The summed E-state index contributed by atoms with van der Waals surface area (Å²) in [6.45, 7) is 4.50. The SMILES string of the molecule is CNC(CN1CCC[C@H]2CCCC[C@H]21)C1CCOC1. The van der Waals surface area contributed by atoms with Crippen LogP contribution >= 0.6 is 0 Å². The molecule has 4 atom stereocenters. The molecule has 19 heavy (non-hydrogen) atoms. The molecule has 0 aromatic carbocycles. The van der Waals surface area contributed by atoms with Crippen molar-refractivity contribution >= 4 is 0 Å². The van der Waals surface area contributed by atoms with Crippen LogP contribution in [0.25, 0.3) is 0 Å². The molecule has 3 aliphatic rings. The first kappa shape index (κ1) is 13.8. The van der Waals surface area contributed by atoms with Crippen LogP contribution in [0.5, 0.6) is 0 Å².